The molecule has 3 N–H and O–H groups in total. The van der Waals surface area contributed by atoms with Crippen molar-refractivity contribution in [2.24, 2.45) is 0 Å². The van der Waals surface area contributed by atoms with Crippen LogP contribution in [0.15, 0.2) is 41.7 Å². The number of allylic oxidation sites excluding steroid dienone is 1. The number of aromatic nitrogens is 2. The van der Waals surface area contributed by atoms with E-state index in [2.05, 4.69) is 16.5 Å². The van der Waals surface area contributed by atoms with Crippen LogP contribution in [0.25, 0.3) is 0 Å². The second-order valence-electron chi connectivity index (χ2n) is 5.09. The Labute approximate surface area is 123 Å². The minimum atomic E-state index is -0.232. The molecule has 0 fully saturated rings. The molecule has 0 saturated carbocycles. The molecule has 5 nitrogen and oxygen atoms in total. The lowest BCUT2D eigenvalue weighted by Crippen LogP contribution is -2.12. The van der Waals surface area contributed by atoms with E-state index in [0.717, 1.165) is 5.56 Å². The first kappa shape index (κ1) is 14.8. The third-order valence-electron chi connectivity index (χ3n) is 2.95. The normalized spacial score (nSPS) is 10.6. The summed E-state index contributed by atoms with van der Waals surface area (Å²) < 4.78 is 5.75. The van der Waals surface area contributed by atoms with E-state index in [1.807, 2.05) is 19.9 Å². The maximum Gasteiger partial charge on any atom is 0.254 e. The maximum absolute atomic E-state index is 11.7. The number of H-pyrrole nitrogens is 1. The summed E-state index contributed by atoms with van der Waals surface area (Å²) in [7, 11) is 0. The largest absolute Gasteiger partial charge is 0.438 e. The lowest BCUT2D eigenvalue weighted by molar-refractivity contribution is 0.451. The van der Waals surface area contributed by atoms with Crippen molar-refractivity contribution in [3.63, 3.8) is 0 Å². The van der Waals surface area contributed by atoms with E-state index in [-0.39, 0.29) is 17.4 Å². The zero-order valence-corrected chi connectivity index (χ0v) is 12.2. The number of rotatable bonds is 5. The fourth-order valence-corrected chi connectivity index (χ4v) is 1.91. The van der Waals surface area contributed by atoms with Crippen LogP contribution in [-0.2, 0) is 6.42 Å². The van der Waals surface area contributed by atoms with Gasteiger partial charge in [0.05, 0.1) is 6.07 Å². The third-order valence-corrected chi connectivity index (χ3v) is 2.95. The predicted octanol–water partition coefficient (Wildman–Crippen LogP) is 3.00. The first-order valence-electron chi connectivity index (χ1n) is 6.78. The molecule has 1 heterocycles. The summed E-state index contributed by atoms with van der Waals surface area (Å²) >= 11 is 0. The number of nitrogen functional groups attached to an aromatic ring is 1. The first-order chi connectivity index (χ1) is 9.99. The van der Waals surface area contributed by atoms with Gasteiger partial charge in [0.25, 0.3) is 5.56 Å². The molecule has 0 aliphatic carbocycles. The Bertz CT molecular complexity index is 705. The Kier molecular flexibility index (Phi) is 4.42. The van der Waals surface area contributed by atoms with Gasteiger partial charge in [0, 0.05) is 17.2 Å². The van der Waals surface area contributed by atoms with E-state index in [9.17, 15) is 4.79 Å². The zero-order chi connectivity index (χ0) is 15.4. The average Bonchev–Trinajstić information content (AvgIpc) is 2.41. The van der Waals surface area contributed by atoms with Crippen LogP contribution in [0.5, 0.6) is 11.6 Å². The molecule has 5 heteroatoms. The van der Waals surface area contributed by atoms with Crippen LogP contribution in [0.1, 0.15) is 31.2 Å². The highest BCUT2D eigenvalue weighted by molar-refractivity contribution is 5.49. The van der Waals surface area contributed by atoms with Crippen molar-refractivity contribution < 1.29 is 4.74 Å². The smallest absolute Gasteiger partial charge is 0.254 e. The van der Waals surface area contributed by atoms with E-state index in [1.54, 1.807) is 18.2 Å². The van der Waals surface area contributed by atoms with Gasteiger partial charge in [0.1, 0.15) is 11.6 Å². The Hall–Kier alpha value is -2.56. The highest BCUT2D eigenvalue weighted by Crippen LogP contribution is 2.26. The molecule has 2 aromatic rings. The summed E-state index contributed by atoms with van der Waals surface area (Å²) in [5.74, 6) is 1.60. The van der Waals surface area contributed by atoms with Gasteiger partial charge in [-0.05, 0) is 24.6 Å². The van der Waals surface area contributed by atoms with E-state index >= 15 is 0 Å². The van der Waals surface area contributed by atoms with Gasteiger partial charge in [0.15, 0.2) is 0 Å². The zero-order valence-electron chi connectivity index (χ0n) is 12.2. The molecule has 0 amide bonds. The van der Waals surface area contributed by atoms with E-state index in [4.69, 9.17) is 10.5 Å². The number of nitrogens with zero attached hydrogens (tertiary/aromatic N) is 1. The highest BCUT2D eigenvalue weighted by atomic mass is 16.5. The predicted molar refractivity (Wildman–Crippen MR) is 83.8 cm³/mol. The van der Waals surface area contributed by atoms with Crippen molar-refractivity contribution in [1.29, 1.82) is 0 Å². The van der Waals surface area contributed by atoms with Gasteiger partial charge in [-0.25, -0.2) is 0 Å². The number of aromatic amines is 1. The molecular formula is C16H19N3O2. The van der Waals surface area contributed by atoms with Crippen LogP contribution in [-0.4, -0.2) is 9.97 Å². The quantitative estimate of drug-likeness (QED) is 0.653. The number of anilines is 1. The first-order valence-corrected chi connectivity index (χ1v) is 6.78. The molecule has 0 radical (unpaired) electrons. The maximum atomic E-state index is 11.7. The molecule has 0 aliphatic heterocycles. The topological polar surface area (TPSA) is 81.0 Å². The van der Waals surface area contributed by atoms with Crippen molar-refractivity contribution >= 4 is 5.69 Å². The molecule has 0 atom stereocenters. The minimum absolute atomic E-state index is 0.111. The number of nitrogens with one attached hydrogen (secondary N) is 1. The summed E-state index contributed by atoms with van der Waals surface area (Å²) in [6.45, 7) is 7.62. The molecule has 0 spiro atoms. The van der Waals surface area contributed by atoms with Crippen LogP contribution >= 0.6 is 0 Å². The summed E-state index contributed by atoms with van der Waals surface area (Å²) in [5, 5.41) is 0. The van der Waals surface area contributed by atoms with Crippen molar-refractivity contribution in [3.8, 4) is 11.6 Å². The molecule has 1 aromatic carbocycles. The van der Waals surface area contributed by atoms with E-state index < -0.39 is 0 Å². The van der Waals surface area contributed by atoms with Crippen LogP contribution < -0.4 is 16.0 Å². The molecule has 110 valence electrons. The average molecular weight is 285 g/mol. The van der Waals surface area contributed by atoms with Crippen LogP contribution in [0, 0.1) is 0 Å². The third kappa shape index (κ3) is 3.72. The Balaban J connectivity index is 2.38. The number of hydrogen-bond acceptors (Lipinski definition) is 4. The van der Waals surface area contributed by atoms with Crippen molar-refractivity contribution in [2.45, 2.75) is 26.2 Å². The van der Waals surface area contributed by atoms with Gasteiger partial charge in [-0.2, -0.15) is 4.98 Å². The molecule has 0 unspecified atom stereocenters. The molecule has 0 aliphatic rings. The molecule has 21 heavy (non-hydrogen) atoms. The standard InChI is InChI=1S/C16H19N3O2/c1-4-5-11-8-12(17)6-7-13(11)21-15-9-14(20)18-16(19-15)10(2)3/h4,6-10H,1,5,17H2,2-3H3,(H,18,19,20). The Morgan fingerprint density at radius 3 is 2.86 bits per heavy atom. The van der Waals surface area contributed by atoms with Gasteiger partial charge in [-0.1, -0.05) is 19.9 Å². The number of hydrogen-bond donors (Lipinski definition) is 2. The van der Waals surface area contributed by atoms with Gasteiger partial charge >= 0.3 is 0 Å². The van der Waals surface area contributed by atoms with Gasteiger partial charge in [0.2, 0.25) is 5.88 Å². The van der Waals surface area contributed by atoms with Crippen LogP contribution in [0.3, 0.4) is 0 Å². The number of nitrogens with two attached hydrogens (primary N) is 1. The molecule has 1 aromatic heterocycles. The fourth-order valence-electron chi connectivity index (χ4n) is 1.91. The van der Waals surface area contributed by atoms with E-state index in [0.29, 0.717) is 23.7 Å². The van der Waals surface area contributed by atoms with Crippen molar-refractivity contribution in [3.05, 3.63) is 58.7 Å². The Morgan fingerprint density at radius 2 is 2.19 bits per heavy atom. The monoisotopic (exact) mass is 285 g/mol. The number of ether oxygens (including phenoxy) is 1. The van der Waals surface area contributed by atoms with E-state index in [1.165, 1.54) is 6.07 Å². The van der Waals surface area contributed by atoms with Crippen LogP contribution in [0.4, 0.5) is 5.69 Å². The summed E-state index contributed by atoms with van der Waals surface area (Å²) in [5.41, 5.74) is 7.10. The van der Waals surface area contributed by atoms with Crippen molar-refractivity contribution in [2.75, 3.05) is 5.73 Å². The highest BCUT2D eigenvalue weighted by Gasteiger charge is 2.09. The van der Waals surface area contributed by atoms with Gasteiger partial charge < -0.3 is 15.5 Å². The Morgan fingerprint density at radius 1 is 1.43 bits per heavy atom. The van der Waals surface area contributed by atoms with Crippen LogP contribution in [0.2, 0.25) is 0 Å². The lowest BCUT2D eigenvalue weighted by atomic mass is 10.1. The van der Waals surface area contributed by atoms with Gasteiger partial charge in [-0.15, -0.1) is 6.58 Å². The van der Waals surface area contributed by atoms with Crippen molar-refractivity contribution in [1.82, 2.24) is 9.97 Å². The lowest BCUT2D eigenvalue weighted by Gasteiger charge is -2.11. The second-order valence-corrected chi connectivity index (χ2v) is 5.09. The number of benzene rings is 1. The SMILES string of the molecule is C=CCc1cc(N)ccc1Oc1cc(=O)[nH]c(C(C)C)n1. The molecule has 0 saturated heterocycles. The summed E-state index contributed by atoms with van der Waals surface area (Å²) in [4.78, 5) is 18.7. The molecule has 0 bridgehead atoms. The fraction of sp³-hybridized carbons (Fsp3) is 0.250. The summed E-state index contributed by atoms with van der Waals surface area (Å²) in [6, 6.07) is 6.68. The molecule has 2 rings (SSSR count). The summed E-state index contributed by atoms with van der Waals surface area (Å²) in [6.07, 6.45) is 2.40. The van der Waals surface area contributed by atoms with Gasteiger partial charge in [-0.3, -0.25) is 4.79 Å². The molecular weight excluding hydrogens is 266 g/mol. The second kappa shape index (κ2) is 6.26. The minimum Gasteiger partial charge on any atom is -0.438 e.